The minimum absolute atomic E-state index is 0.0109. The molecule has 0 radical (unpaired) electrons. The number of hydrogen-bond donors (Lipinski definition) is 2. The maximum atomic E-state index is 15.0. The summed E-state index contributed by atoms with van der Waals surface area (Å²) >= 11 is 0. The zero-order chi connectivity index (χ0) is 23.5. The van der Waals surface area contributed by atoms with Crippen LogP contribution in [0, 0.1) is 5.82 Å². The molecule has 2 unspecified atom stereocenters. The van der Waals surface area contributed by atoms with E-state index in [4.69, 9.17) is 0 Å². The van der Waals surface area contributed by atoms with E-state index in [-0.39, 0.29) is 36.2 Å². The van der Waals surface area contributed by atoms with Crippen molar-refractivity contribution in [1.82, 2.24) is 15.3 Å². The third-order valence-electron chi connectivity index (χ3n) is 6.87. The Morgan fingerprint density at radius 1 is 1.27 bits per heavy atom. The van der Waals surface area contributed by atoms with Gasteiger partial charge in [0.15, 0.2) is 0 Å². The van der Waals surface area contributed by atoms with E-state index in [0.717, 1.165) is 19.0 Å². The molecule has 1 amide bonds. The number of nitrogens with one attached hydrogen (secondary N) is 2. The van der Waals surface area contributed by atoms with Crippen LogP contribution < -0.4 is 20.7 Å². The number of carbonyl (C=O) groups is 1. The van der Waals surface area contributed by atoms with Gasteiger partial charge in [-0.25, -0.2) is 9.37 Å². The molecule has 1 aromatic heterocycles. The summed E-state index contributed by atoms with van der Waals surface area (Å²) in [6.45, 7) is -0.490. The van der Waals surface area contributed by atoms with Crippen molar-refractivity contribution in [1.29, 1.82) is 0 Å². The zero-order valence-corrected chi connectivity index (χ0v) is 17.9. The lowest BCUT2D eigenvalue weighted by molar-refractivity contribution is -0.135. The Bertz CT molecular complexity index is 1180. The Labute approximate surface area is 186 Å². The summed E-state index contributed by atoms with van der Waals surface area (Å²) in [6.07, 6.45) is -3.07. The van der Waals surface area contributed by atoms with Crippen LogP contribution in [0.1, 0.15) is 42.3 Å². The molecule has 1 fully saturated rings. The molecule has 11 heteroatoms. The van der Waals surface area contributed by atoms with Crippen molar-refractivity contribution >= 4 is 17.4 Å². The third kappa shape index (κ3) is 3.49. The van der Waals surface area contributed by atoms with Crippen LogP contribution in [-0.2, 0) is 16.6 Å². The summed E-state index contributed by atoms with van der Waals surface area (Å²) < 4.78 is 54.8. The van der Waals surface area contributed by atoms with E-state index in [2.05, 4.69) is 15.3 Å². The van der Waals surface area contributed by atoms with Crippen LogP contribution >= 0.6 is 0 Å². The molecule has 7 nitrogen and oxygen atoms in total. The van der Waals surface area contributed by atoms with Gasteiger partial charge < -0.3 is 20.1 Å². The number of benzene rings is 1. The number of anilines is 2. The number of halogens is 4. The van der Waals surface area contributed by atoms with Crippen molar-refractivity contribution in [3.8, 4) is 0 Å². The van der Waals surface area contributed by atoms with E-state index < -0.39 is 35.9 Å². The highest BCUT2D eigenvalue weighted by Gasteiger charge is 2.56. The molecule has 176 valence electrons. The number of nitrogens with zero attached hydrogens (tertiary/aromatic N) is 3. The molecule has 0 saturated carbocycles. The normalized spacial score (nSPS) is 24.9. The summed E-state index contributed by atoms with van der Waals surface area (Å²) in [5.41, 5.74) is -1.22. The van der Waals surface area contributed by atoms with E-state index >= 15 is 4.39 Å². The first-order chi connectivity index (χ1) is 15.6. The average molecular weight is 465 g/mol. The van der Waals surface area contributed by atoms with Crippen LogP contribution in [0.4, 0.5) is 29.1 Å². The molecular weight excluding hydrogens is 442 g/mol. The molecule has 1 spiro atoms. The van der Waals surface area contributed by atoms with Crippen LogP contribution in [0.25, 0.3) is 0 Å². The molecule has 1 saturated heterocycles. The molecule has 0 aliphatic carbocycles. The van der Waals surface area contributed by atoms with E-state index in [0.29, 0.717) is 28.5 Å². The van der Waals surface area contributed by atoms with E-state index in [1.807, 2.05) is 11.9 Å². The number of alkyl halides is 3. The Balaban J connectivity index is 1.57. The minimum atomic E-state index is -4.63. The number of hydrogen-bond acceptors (Lipinski definition) is 5. The molecule has 3 aliphatic rings. The Morgan fingerprint density at radius 2 is 2.06 bits per heavy atom. The topological polar surface area (TPSA) is 81.3 Å². The van der Waals surface area contributed by atoms with Crippen molar-refractivity contribution in [3.63, 3.8) is 0 Å². The number of aromatic nitrogens is 2. The van der Waals surface area contributed by atoms with Gasteiger partial charge in [-0.3, -0.25) is 9.59 Å². The molecule has 2 aromatic rings. The minimum Gasteiger partial charge on any atom is -0.359 e. The SMILES string of the molecule is CN1CCCc2c1nc(C1CC3(CCN1)C(=O)N(CC(F)(F)F)c1cccc(F)c13)[nH]c2=O. The number of H-pyrrole nitrogens is 1. The second-order valence-corrected chi connectivity index (χ2v) is 8.96. The van der Waals surface area contributed by atoms with Crippen LogP contribution in [0.2, 0.25) is 0 Å². The number of carbonyl (C=O) groups excluding carboxylic acids is 1. The second-order valence-electron chi connectivity index (χ2n) is 8.96. The number of fused-ring (bicyclic) bond motifs is 3. The molecule has 0 bridgehead atoms. The maximum absolute atomic E-state index is 15.0. The van der Waals surface area contributed by atoms with Gasteiger partial charge in [-0.1, -0.05) is 6.07 Å². The van der Waals surface area contributed by atoms with Gasteiger partial charge >= 0.3 is 6.18 Å². The number of piperidine rings is 1. The highest BCUT2D eigenvalue weighted by molar-refractivity contribution is 6.08. The third-order valence-corrected chi connectivity index (χ3v) is 6.87. The van der Waals surface area contributed by atoms with Crippen molar-refractivity contribution in [3.05, 3.63) is 51.3 Å². The second kappa shape index (κ2) is 7.54. The molecule has 33 heavy (non-hydrogen) atoms. The van der Waals surface area contributed by atoms with Gasteiger partial charge in [0.2, 0.25) is 5.91 Å². The van der Waals surface area contributed by atoms with Crippen LogP contribution in [0.5, 0.6) is 0 Å². The van der Waals surface area contributed by atoms with Crippen LogP contribution in [0.3, 0.4) is 0 Å². The molecule has 2 atom stereocenters. The fourth-order valence-electron chi connectivity index (χ4n) is 5.43. The first-order valence-electron chi connectivity index (χ1n) is 10.9. The van der Waals surface area contributed by atoms with Gasteiger partial charge in [-0.2, -0.15) is 13.2 Å². The monoisotopic (exact) mass is 465 g/mol. The lowest BCUT2D eigenvalue weighted by atomic mass is 9.71. The van der Waals surface area contributed by atoms with E-state index in [1.165, 1.54) is 12.1 Å². The van der Waals surface area contributed by atoms with E-state index in [1.54, 1.807) is 0 Å². The van der Waals surface area contributed by atoms with Gasteiger partial charge in [0.05, 0.1) is 22.7 Å². The maximum Gasteiger partial charge on any atom is 0.406 e. The molecule has 3 aliphatic heterocycles. The predicted octanol–water partition coefficient (Wildman–Crippen LogP) is 2.56. The summed E-state index contributed by atoms with van der Waals surface area (Å²) in [4.78, 5) is 36.1. The largest absolute Gasteiger partial charge is 0.406 e. The summed E-state index contributed by atoms with van der Waals surface area (Å²) in [6, 6.07) is 3.19. The molecule has 1 aromatic carbocycles. The lowest BCUT2D eigenvalue weighted by Crippen LogP contribution is -2.50. The van der Waals surface area contributed by atoms with Crippen molar-refractivity contribution in [2.45, 2.75) is 43.3 Å². The fourth-order valence-corrected chi connectivity index (χ4v) is 5.43. The highest BCUT2D eigenvalue weighted by Crippen LogP contribution is 2.51. The standard InChI is InChI=1S/C22H23F4N5O2/c1-30-9-3-4-12-18(30)28-17(29-19(12)32)14-10-21(7-8-27-14)16-13(23)5-2-6-15(16)31(20(21)33)11-22(24,25)26/h2,5-6,14,27H,3-4,7-11H2,1H3,(H,28,29,32). The average Bonchev–Trinajstić information content (AvgIpc) is 2.97. The highest BCUT2D eigenvalue weighted by atomic mass is 19.4. The van der Waals surface area contributed by atoms with Crippen molar-refractivity contribution in [2.24, 2.45) is 0 Å². The Morgan fingerprint density at radius 3 is 2.82 bits per heavy atom. The summed E-state index contributed by atoms with van der Waals surface area (Å²) in [5.74, 6) is -0.627. The van der Waals surface area contributed by atoms with Gasteiger partial charge in [0, 0.05) is 19.2 Å². The first-order valence-corrected chi connectivity index (χ1v) is 10.9. The molecule has 2 N–H and O–H groups in total. The van der Waals surface area contributed by atoms with Gasteiger partial charge in [0.25, 0.3) is 5.56 Å². The van der Waals surface area contributed by atoms with Gasteiger partial charge in [-0.05, 0) is 44.4 Å². The zero-order valence-electron chi connectivity index (χ0n) is 17.9. The smallest absolute Gasteiger partial charge is 0.359 e. The number of rotatable bonds is 2. The number of aromatic amines is 1. The quantitative estimate of drug-likeness (QED) is 0.667. The first kappa shape index (κ1) is 21.9. The van der Waals surface area contributed by atoms with Crippen LogP contribution in [0.15, 0.2) is 23.0 Å². The lowest BCUT2D eigenvalue weighted by Gasteiger charge is -2.38. The van der Waals surface area contributed by atoms with Crippen molar-refractivity contribution < 1.29 is 22.4 Å². The van der Waals surface area contributed by atoms with Gasteiger partial charge in [-0.15, -0.1) is 0 Å². The Hall–Kier alpha value is -2.95. The van der Waals surface area contributed by atoms with E-state index in [9.17, 15) is 22.8 Å². The van der Waals surface area contributed by atoms with Gasteiger partial charge in [0.1, 0.15) is 24.0 Å². The molecule has 4 heterocycles. The summed E-state index contributed by atoms with van der Waals surface area (Å²) in [5, 5.41) is 3.20. The molecule has 5 rings (SSSR count). The predicted molar refractivity (Wildman–Crippen MR) is 113 cm³/mol. The fraction of sp³-hybridized carbons (Fsp3) is 0.500. The summed E-state index contributed by atoms with van der Waals surface area (Å²) in [7, 11) is 1.84. The molecular formula is C22H23F4N5O2. The Kier molecular flexibility index (Phi) is 5.00. The van der Waals surface area contributed by atoms with Crippen LogP contribution in [-0.4, -0.2) is 48.7 Å². The van der Waals surface area contributed by atoms with Crippen molar-refractivity contribution in [2.75, 3.05) is 36.5 Å². The number of amides is 1.